The molecule has 0 spiro atoms. The lowest BCUT2D eigenvalue weighted by Gasteiger charge is -2.24. The Hall–Kier alpha value is -0.530. The van der Waals surface area contributed by atoms with Crippen molar-refractivity contribution in [3.8, 4) is 0 Å². The SMILES string of the molecule is CCC(C)(C)NCc1ccc(C)cc1Cl. The van der Waals surface area contributed by atoms with E-state index in [2.05, 4.69) is 45.1 Å². The first-order valence-corrected chi connectivity index (χ1v) is 5.82. The predicted octanol–water partition coefficient (Wildman–Crippen LogP) is 3.93. The fraction of sp³-hybridized carbons (Fsp3) is 0.538. The molecule has 0 unspecified atom stereocenters. The molecule has 0 fully saturated rings. The van der Waals surface area contributed by atoms with Gasteiger partial charge in [0, 0.05) is 17.1 Å². The van der Waals surface area contributed by atoms with Gasteiger partial charge in [0.2, 0.25) is 0 Å². The van der Waals surface area contributed by atoms with Crippen LogP contribution in [-0.4, -0.2) is 5.54 Å². The summed E-state index contributed by atoms with van der Waals surface area (Å²) >= 11 is 6.16. The topological polar surface area (TPSA) is 12.0 Å². The zero-order valence-corrected chi connectivity index (χ0v) is 10.8. The van der Waals surface area contributed by atoms with Crippen LogP contribution >= 0.6 is 11.6 Å². The average Bonchev–Trinajstić information content (AvgIpc) is 2.16. The Labute approximate surface area is 97.8 Å². The average molecular weight is 226 g/mol. The van der Waals surface area contributed by atoms with Gasteiger partial charge in [-0.15, -0.1) is 0 Å². The third-order valence-electron chi connectivity index (χ3n) is 2.85. The molecule has 0 aliphatic rings. The lowest BCUT2D eigenvalue weighted by Crippen LogP contribution is -2.37. The summed E-state index contributed by atoms with van der Waals surface area (Å²) in [6, 6.07) is 6.20. The Morgan fingerprint density at radius 3 is 2.53 bits per heavy atom. The van der Waals surface area contributed by atoms with Crippen LogP contribution in [0.4, 0.5) is 0 Å². The molecular weight excluding hydrogens is 206 g/mol. The summed E-state index contributed by atoms with van der Waals surface area (Å²) in [4.78, 5) is 0. The minimum absolute atomic E-state index is 0.175. The largest absolute Gasteiger partial charge is 0.308 e. The Morgan fingerprint density at radius 1 is 1.33 bits per heavy atom. The van der Waals surface area contributed by atoms with Crippen LogP contribution in [-0.2, 0) is 6.54 Å². The molecule has 0 saturated carbocycles. The van der Waals surface area contributed by atoms with Gasteiger partial charge in [-0.05, 0) is 44.4 Å². The molecule has 0 heterocycles. The molecule has 1 N–H and O–H groups in total. The second-order valence-corrected chi connectivity index (χ2v) is 5.09. The number of nitrogens with one attached hydrogen (secondary N) is 1. The summed E-state index contributed by atoms with van der Waals surface area (Å²) in [6.45, 7) is 9.48. The summed E-state index contributed by atoms with van der Waals surface area (Å²) < 4.78 is 0. The Balaban J connectivity index is 2.66. The van der Waals surface area contributed by atoms with Gasteiger partial charge in [0.15, 0.2) is 0 Å². The first kappa shape index (κ1) is 12.5. The van der Waals surface area contributed by atoms with Crippen LogP contribution in [0.15, 0.2) is 18.2 Å². The number of aryl methyl sites for hydroxylation is 1. The first-order valence-electron chi connectivity index (χ1n) is 5.44. The first-order chi connectivity index (χ1) is 6.94. The van der Waals surface area contributed by atoms with Crippen LogP contribution in [0, 0.1) is 6.92 Å². The predicted molar refractivity (Wildman–Crippen MR) is 67.4 cm³/mol. The number of halogens is 1. The minimum atomic E-state index is 0.175. The molecule has 0 atom stereocenters. The fourth-order valence-electron chi connectivity index (χ4n) is 1.26. The molecule has 2 heteroatoms. The molecule has 15 heavy (non-hydrogen) atoms. The number of hydrogen-bond donors (Lipinski definition) is 1. The summed E-state index contributed by atoms with van der Waals surface area (Å²) in [7, 11) is 0. The smallest absolute Gasteiger partial charge is 0.0453 e. The molecule has 0 radical (unpaired) electrons. The number of rotatable bonds is 4. The highest BCUT2D eigenvalue weighted by Crippen LogP contribution is 2.18. The van der Waals surface area contributed by atoms with Crippen molar-refractivity contribution in [3.05, 3.63) is 34.3 Å². The van der Waals surface area contributed by atoms with Crippen molar-refractivity contribution in [2.45, 2.75) is 46.2 Å². The highest BCUT2D eigenvalue weighted by molar-refractivity contribution is 6.31. The normalized spacial score (nSPS) is 11.8. The van der Waals surface area contributed by atoms with Crippen molar-refractivity contribution >= 4 is 11.6 Å². The molecule has 0 aliphatic carbocycles. The monoisotopic (exact) mass is 225 g/mol. The quantitative estimate of drug-likeness (QED) is 0.819. The number of hydrogen-bond acceptors (Lipinski definition) is 1. The molecule has 1 aromatic carbocycles. The Bertz CT molecular complexity index is 331. The highest BCUT2D eigenvalue weighted by atomic mass is 35.5. The second kappa shape index (κ2) is 5.00. The van der Waals surface area contributed by atoms with Crippen molar-refractivity contribution in [1.29, 1.82) is 0 Å². The standard InChI is InChI=1S/C13H20ClN/c1-5-13(3,4)15-9-11-7-6-10(2)8-12(11)14/h6-8,15H,5,9H2,1-4H3. The van der Waals surface area contributed by atoms with Crippen molar-refractivity contribution in [3.63, 3.8) is 0 Å². The van der Waals surface area contributed by atoms with Crippen LogP contribution < -0.4 is 5.32 Å². The third-order valence-corrected chi connectivity index (χ3v) is 3.20. The van der Waals surface area contributed by atoms with Crippen molar-refractivity contribution in [1.82, 2.24) is 5.32 Å². The van der Waals surface area contributed by atoms with Gasteiger partial charge in [0.05, 0.1) is 0 Å². The van der Waals surface area contributed by atoms with Crippen molar-refractivity contribution in [2.24, 2.45) is 0 Å². The van der Waals surface area contributed by atoms with E-state index in [0.717, 1.165) is 18.0 Å². The molecule has 84 valence electrons. The molecule has 0 bridgehead atoms. The lowest BCUT2D eigenvalue weighted by atomic mass is 10.0. The summed E-state index contributed by atoms with van der Waals surface area (Å²) in [5.74, 6) is 0. The van der Waals surface area contributed by atoms with E-state index in [1.807, 2.05) is 6.07 Å². The van der Waals surface area contributed by atoms with Crippen LogP contribution in [0.2, 0.25) is 5.02 Å². The van der Waals surface area contributed by atoms with Gasteiger partial charge in [-0.1, -0.05) is 30.7 Å². The molecular formula is C13H20ClN. The van der Waals surface area contributed by atoms with E-state index in [0.29, 0.717) is 0 Å². The van der Waals surface area contributed by atoms with Gasteiger partial charge < -0.3 is 5.32 Å². The zero-order chi connectivity index (χ0) is 11.5. The highest BCUT2D eigenvalue weighted by Gasteiger charge is 2.13. The van der Waals surface area contributed by atoms with E-state index in [-0.39, 0.29) is 5.54 Å². The molecule has 0 saturated heterocycles. The van der Waals surface area contributed by atoms with Gasteiger partial charge in [-0.3, -0.25) is 0 Å². The molecule has 0 aromatic heterocycles. The second-order valence-electron chi connectivity index (χ2n) is 4.69. The molecule has 0 amide bonds. The van der Waals surface area contributed by atoms with Crippen molar-refractivity contribution < 1.29 is 0 Å². The van der Waals surface area contributed by atoms with Crippen LogP contribution in [0.1, 0.15) is 38.3 Å². The van der Waals surface area contributed by atoms with Crippen LogP contribution in [0.5, 0.6) is 0 Å². The molecule has 1 rings (SSSR count). The Kier molecular flexibility index (Phi) is 4.18. The van der Waals surface area contributed by atoms with Crippen molar-refractivity contribution in [2.75, 3.05) is 0 Å². The van der Waals surface area contributed by atoms with Gasteiger partial charge in [0.1, 0.15) is 0 Å². The fourth-order valence-corrected chi connectivity index (χ4v) is 1.56. The third kappa shape index (κ3) is 3.84. The van der Waals surface area contributed by atoms with E-state index in [9.17, 15) is 0 Å². The maximum absolute atomic E-state index is 6.16. The van der Waals surface area contributed by atoms with Gasteiger partial charge in [-0.25, -0.2) is 0 Å². The van der Waals surface area contributed by atoms with E-state index in [1.165, 1.54) is 11.1 Å². The maximum Gasteiger partial charge on any atom is 0.0453 e. The summed E-state index contributed by atoms with van der Waals surface area (Å²) in [6.07, 6.45) is 1.11. The maximum atomic E-state index is 6.16. The molecule has 1 aromatic rings. The van der Waals surface area contributed by atoms with Crippen LogP contribution in [0.3, 0.4) is 0 Å². The van der Waals surface area contributed by atoms with E-state index < -0.39 is 0 Å². The van der Waals surface area contributed by atoms with Crippen LogP contribution in [0.25, 0.3) is 0 Å². The minimum Gasteiger partial charge on any atom is -0.308 e. The van der Waals surface area contributed by atoms with E-state index in [1.54, 1.807) is 0 Å². The molecule has 0 aliphatic heterocycles. The Morgan fingerprint density at radius 2 is 2.00 bits per heavy atom. The number of benzene rings is 1. The summed E-state index contributed by atoms with van der Waals surface area (Å²) in [5.41, 5.74) is 2.55. The zero-order valence-electron chi connectivity index (χ0n) is 10.0. The lowest BCUT2D eigenvalue weighted by molar-refractivity contribution is 0.374. The van der Waals surface area contributed by atoms with E-state index in [4.69, 9.17) is 11.6 Å². The van der Waals surface area contributed by atoms with Gasteiger partial charge in [-0.2, -0.15) is 0 Å². The molecule has 1 nitrogen and oxygen atoms in total. The van der Waals surface area contributed by atoms with Gasteiger partial charge >= 0.3 is 0 Å². The van der Waals surface area contributed by atoms with E-state index >= 15 is 0 Å². The summed E-state index contributed by atoms with van der Waals surface area (Å²) in [5, 5.41) is 4.36. The van der Waals surface area contributed by atoms with Gasteiger partial charge in [0.25, 0.3) is 0 Å².